The smallest absolute Gasteiger partial charge is 0.293 e. The lowest BCUT2D eigenvalue weighted by Crippen LogP contribution is -2.16. The maximum Gasteiger partial charge on any atom is 0.293 e. The Labute approximate surface area is 121 Å². The Morgan fingerprint density at radius 1 is 1.38 bits per heavy atom. The average molecular weight is 286 g/mol. The van der Waals surface area contributed by atoms with Crippen molar-refractivity contribution in [2.24, 2.45) is 0 Å². The molecule has 0 aliphatic heterocycles. The molecule has 0 radical (unpaired) electrons. The van der Waals surface area contributed by atoms with Crippen LogP contribution in [0.2, 0.25) is 0 Å². The van der Waals surface area contributed by atoms with Gasteiger partial charge in [-0.15, -0.1) is 0 Å². The van der Waals surface area contributed by atoms with Crippen molar-refractivity contribution in [3.8, 4) is 0 Å². The van der Waals surface area contributed by atoms with Crippen LogP contribution >= 0.6 is 0 Å². The molecule has 0 aliphatic carbocycles. The Kier molecular flexibility index (Phi) is 4.13. The molecule has 1 aromatic heterocycles. The molecule has 3 N–H and O–H groups in total. The SMILES string of the molecule is Cc1ccc(NC(=O)Cc2ccc(N)cn2)c([N+](=O)[O-])c1. The van der Waals surface area contributed by atoms with Crippen molar-refractivity contribution in [1.82, 2.24) is 4.98 Å². The molecular formula is C14H14N4O3. The van der Waals surface area contributed by atoms with Crippen LogP contribution in [0.15, 0.2) is 36.5 Å². The number of hydrogen-bond donors (Lipinski definition) is 2. The molecule has 0 saturated carbocycles. The normalized spacial score (nSPS) is 10.1. The monoisotopic (exact) mass is 286 g/mol. The molecule has 0 bridgehead atoms. The summed E-state index contributed by atoms with van der Waals surface area (Å²) in [6, 6.07) is 7.91. The number of anilines is 2. The third kappa shape index (κ3) is 3.75. The van der Waals surface area contributed by atoms with Crippen LogP contribution in [-0.2, 0) is 11.2 Å². The lowest BCUT2D eigenvalue weighted by atomic mass is 10.2. The summed E-state index contributed by atoms with van der Waals surface area (Å²) in [5.74, 6) is -0.376. The second-order valence-electron chi connectivity index (χ2n) is 4.59. The molecule has 0 spiro atoms. The van der Waals surface area contributed by atoms with E-state index in [9.17, 15) is 14.9 Å². The zero-order valence-electron chi connectivity index (χ0n) is 11.4. The summed E-state index contributed by atoms with van der Waals surface area (Å²) >= 11 is 0. The number of carbonyl (C=O) groups is 1. The molecule has 0 saturated heterocycles. The summed E-state index contributed by atoms with van der Waals surface area (Å²) in [7, 11) is 0. The van der Waals surface area contributed by atoms with Crippen LogP contribution in [0.5, 0.6) is 0 Å². The van der Waals surface area contributed by atoms with E-state index in [0.29, 0.717) is 11.4 Å². The minimum atomic E-state index is -0.524. The largest absolute Gasteiger partial charge is 0.397 e. The van der Waals surface area contributed by atoms with Gasteiger partial charge >= 0.3 is 0 Å². The average Bonchev–Trinajstić information content (AvgIpc) is 2.43. The van der Waals surface area contributed by atoms with Gasteiger partial charge in [-0.05, 0) is 30.7 Å². The van der Waals surface area contributed by atoms with E-state index in [1.54, 1.807) is 25.1 Å². The van der Waals surface area contributed by atoms with E-state index < -0.39 is 4.92 Å². The van der Waals surface area contributed by atoms with Gasteiger partial charge in [0.1, 0.15) is 5.69 Å². The Hall–Kier alpha value is -2.96. The minimum absolute atomic E-state index is 0.0192. The zero-order valence-corrected chi connectivity index (χ0v) is 11.4. The number of nitrogen functional groups attached to an aromatic ring is 1. The van der Waals surface area contributed by atoms with Crippen LogP contribution in [0.1, 0.15) is 11.3 Å². The van der Waals surface area contributed by atoms with Gasteiger partial charge in [0.15, 0.2) is 0 Å². The first-order valence-electron chi connectivity index (χ1n) is 6.21. The highest BCUT2D eigenvalue weighted by atomic mass is 16.6. The van der Waals surface area contributed by atoms with Gasteiger partial charge in [0.05, 0.1) is 23.2 Å². The number of hydrogen-bond acceptors (Lipinski definition) is 5. The third-order valence-corrected chi connectivity index (χ3v) is 2.81. The molecule has 108 valence electrons. The minimum Gasteiger partial charge on any atom is -0.397 e. The molecule has 1 amide bonds. The van der Waals surface area contributed by atoms with Crippen molar-refractivity contribution >= 4 is 23.0 Å². The van der Waals surface area contributed by atoms with E-state index in [2.05, 4.69) is 10.3 Å². The van der Waals surface area contributed by atoms with Gasteiger partial charge in [-0.25, -0.2) is 0 Å². The highest BCUT2D eigenvalue weighted by molar-refractivity contribution is 5.94. The molecule has 1 aromatic carbocycles. The first-order chi connectivity index (χ1) is 9.95. The van der Waals surface area contributed by atoms with E-state index in [0.717, 1.165) is 5.56 Å². The topological polar surface area (TPSA) is 111 Å². The van der Waals surface area contributed by atoms with Gasteiger partial charge < -0.3 is 11.1 Å². The van der Waals surface area contributed by atoms with Crippen LogP contribution in [0.4, 0.5) is 17.1 Å². The van der Waals surface area contributed by atoms with E-state index >= 15 is 0 Å². The number of amides is 1. The quantitative estimate of drug-likeness (QED) is 0.660. The number of nitro groups is 1. The van der Waals surface area contributed by atoms with E-state index in [1.807, 2.05) is 0 Å². The summed E-state index contributed by atoms with van der Waals surface area (Å²) < 4.78 is 0. The van der Waals surface area contributed by atoms with Gasteiger partial charge in [0.2, 0.25) is 5.91 Å². The maximum absolute atomic E-state index is 11.9. The summed E-state index contributed by atoms with van der Waals surface area (Å²) in [5, 5.41) is 13.5. The highest BCUT2D eigenvalue weighted by Crippen LogP contribution is 2.25. The first kappa shape index (κ1) is 14.4. The number of aryl methyl sites for hydroxylation is 1. The van der Waals surface area contributed by atoms with Crippen LogP contribution in [0, 0.1) is 17.0 Å². The number of nitro benzene ring substituents is 1. The van der Waals surface area contributed by atoms with Gasteiger partial charge in [0, 0.05) is 11.8 Å². The maximum atomic E-state index is 11.9. The van der Waals surface area contributed by atoms with Gasteiger partial charge in [-0.1, -0.05) is 6.07 Å². The van der Waals surface area contributed by atoms with Crippen molar-refractivity contribution < 1.29 is 9.72 Å². The number of pyridine rings is 1. The van der Waals surface area contributed by atoms with E-state index in [1.165, 1.54) is 18.3 Å². The third-order valence-electron chi connectivity index (χ3n) is 2.81. The van der Waals surface area contributed by atoms with Gasteiger partial charge in [0.25, 0.3) is 5.69 Å². The molecule has 0 unspecified atom stereocenters. The molecule has 7 nitrogen and oxygen atoms in total. The Balaban J connectivity index is 2.12. The first-order valence-corrected chi connectivity index (χ1v) is 6.21. The lowest BCUT2D eigenvalue weighted by molar-refractivity contribution is -0.384. The number of nitrogens with one attached hydrogen (secondary N) is 1. The fraction of sp³-hybridized carbons (Fsp3) is 0.143. The highest BCUT2D eigenvalue weighted by Gasteiger charge is 2.16. The van der Waals surface area contributed by atoms with E-state index in [4.69, 9.17) is 5.73 Å². The molecule has 0 atom stereocenters. The Bertz CT molecular complexity index is 683. The summed E-state index contributed by atoms with van der Waals surface area (Å²) in [6.45, 7) is 1.75. The van der Waals surface area contributed by atoms with Gasteiger partial charge in [-0.2, -0.15) is 0 Å². The number of aromatic nitrogens is 1. The molecule has 2 rings (SSSR count). The lowest BCUT2D eigenvalue weighted by Gasteiger charge is -2.06. The standard InChI is InChI=1S/C14H14N4O3/c1-9-2-5-12(13(6-9)18(20)21)17-14(19)7-11-4-3-10(15)8-16-11/h2-6,8H,7,15H2,1H3,(H,17,19). The second-order valence-corrected chi connectivity index (χ2v) is 4.59. The summed E-state index contributed by atoms with van der Waals surface area (Å²) in [5.41, 5.74) is 7.35. The second kappa shape index (κ2) is 6.00. The molecule has 0 fully saturated rings. The van der Waals surface area contributed by atoms with Crippen molar-refractivity contribution in [3.05, 3.63) is 57.9 Å². The number of rotatable bonds is 4. The number of benzene rings is 1. The van der Waals surface area contributed by atoms with Gasteiger partial charge in [-0.3, -0.25) is 19.9 Å². The number of nitrogens with two attached hydrogens (primary N) is 1. The fourth-order valence-electron chi connectivity index (χ4n) is 1.80. The molecule has 21 heavy (non-hydrogen) atoms. The predicted molar refractivity (Wildman–Crippen MR) is 78.8 cm³/mol. The fourth-order valence-corrected chi connectivity index (χ4v) is 1.80. The van der Waals surface area contributed by atoms with Crippen LogP contribution in [-0.4, -0.2) is 15.8 Å². The molecule has 1 heterocycles. The molecular weight excluding hydrogens is 272 g/mol. The van der Waals surface area contributed by atoms with Crippen molar-refractivity contribution in [2.75, 3.05) is 11.1 Å². The Morgan fingerprint density at radius 3 is 2.76 bits per heavy atom. The van der Waals surface area contributed by atoms with Crippen molar-refractivity contribution in [1.29, 1.82) is 0 Å². The number of nitrogens with zero attached hydrogens (tertiary/aromatic N) is 2. The van der Waals surface area contributed by atoms with Crippen molar-refractivity contribution in [2.45, 2.75) is 13.3 Å². The Morgan fingerprint density at radius 2 is 2.14 bits per heavy atom. The van der Waals surface area contributed by atoms with Crippen molar-refractivity contribution in [3.63, 3.8) is 0 Å². The summed E-state index contributed by atoms with van der Waals surface area (Å²) in [4.78, 5) is 26.4. The summed E-state index contributed by atoms with van der Waals surface area (Å²) in [6.07, 6.45) is 1.47. The van der Waals surface area contributed by atoms with Crippen LogP contribution in [0.3, 0.4) is 0 Å². The van der Waals surface area contributed by atoms with Crippen LogP contribution < -0.4 is 11.1 Å². The molecule has 2 aromatic rings. The predicted octanol–water partition coefficient (Wildman–Crippen LogP) is 2.06. The van der Waals surface area contributed by atoms with Crippen LogP contribution in [0.25, 0.3) is 0 Å². The molecule has 0 aliphatic rings. The number of carbonyl (C=O) groups excluding carboxylic acids is 1. The molecule has 7 heteroatoms. The zero-order chi connectivity index (χ0) is 15.4. The van der Waals surface area contributed by atoms with E-state index in [-0.39, 0.29) is 23.7 Å².